The van der Waals surface area contributed by atoms with Crippen molar-refractivity contribution in [3.05, 3.63) is 58.8 Å². The second kappa shape index (κ2) is 8.28. The summed E-state index contributed by atoms with van der Waals surface area (Å²) in [6.45, 7) is 4.73. The SMILES string of the molecule is COc1c(C2=CNN(C)C2(C(N)=O)c2c(C)ncnc2C)cccc1[C@H]1CCCCN1. The quantitative estimate of drug-likeness (QED) is 0.677. The zero-order valence-electron chi connectivity index (χ0n) is 18.5. The number of benzene rings is 1. The number of nitrogens with one attached hydrogen (secondary N) is 2. The highest BCUT2D eigenvalue weighted by molar-refractivity contribution is 6.03. The lowest BCUT2D eigenvalue weighted by Gasteiger charge is -2.37. The van der Waals surface area contributed by atoms with Crippen molar-refractivity contribution >= 4 is 11.5 Å². The van der Waals surface area contributed by atoms with E-state index in [2.05, 4.69) is 26.8 Å². The summed E-state index contributed by atoms with van der Waals surface area (Å²) >= 11 is 0. The van der Waals surface area contributed by atoms with Crippen LogP contribution < -0.4 is 21.2 Å². The number of aryl methyl sites for hydroxylation is 2. The number of piperidine rings is 1. The van der Waals surface area contributed by atoms with Crippen molar-refractivity contribution in [1.82, 2.24) is 25.7 Å². The molecule has 1 unspecified atom stereocenters. The third-order valence-corrected chi connectivity index (χ3v) is 6.47. The number of ether oxygens (including phenoxy) is 1. The molecular weight excluding hydrogens is 392 g/mol. The van der Waals surface area contributed by atoms with E-state index in [1.165, 1.54) is 19.2 Å². The van der Waals surface area contributed by atoms with Crippen LogP contribution in [0.4, 0.5) is 0 Å². The summed E-state index contributed by atoms with van der Waals surface area (Å²) in [4.78, 5) is 21.9. The monoisotopic (exact) mass is 422 g/mol. The lowest BCUT2D eigenvalue weighted by Crippen LogP contribution is -2.55. The molecule has 2 atom stereocenters. The normalized spacial score (nSPS) is 23.9. The number of likely N-dealkylation sites (N-methyl/N-ethyl adjacent to an activating group) is 1. The highest BCUT2D eigenvalue weighted by Crippen LogP contribution is 2.48. The number of carbonyl (C=O) groups excluding carboxylic acids is 1. The summed E-state index contributed by atoms with van der Waals surface area (Å²) in [6, 6.07) is 6.29. The predicted octanol–water partition coefficient (Wildman–Crippen LogP) is 2.09. The molecule has 0 spiro atoms. The number of rotatable bonds is 5. The molecule has 3 heterocycles. The van der Waals surface area contributed by atoms with Crippen LogP contribution >= 0.6 is 0 Å². The van der Waals surface area contributed by atoms with E-state index < -0.39 is 11.4 Å². The number of primary amides is 1. The number of hydrazine groups is 1. The number of aromatic nitrogens is 2. The first-order valence-electron chi connectivity index (χ1n) is 10.6. The zero-order chi connectivity index (χ0) is 22.2. The van der Waals surface area contributed by atoms with E-state index in [9.17, 15) is 4.79 Å². The number of nitrogens with zero attached hydrogens (tertiary/aromatic N) is 3. The van der Waals surface area contributed by atoms with Crippen LogP contribution in [-0.2, 0) is 10.3 Å². The lowest BCUT2D eigenvalue weighted by molar-refractivity contribution is -0.127. The molecule has 1 amide bonds. The average Bonchev–Trinajstić information content (AvgIpc) is 3.11. The van der Waals surface area contributed by atoms with Crippen molar-refractivity contribution in [3.63, 3.8) is 0 Å². The Morgan fingerprint density at radius 3 is 2.61 bits per heavy atom. The van der Waals surface area contributed by atoms with Gasteiger partial charge in [0, 0.05) is 52.9 Å². The van der Waals surface area contributed by atoms with E-state index >= 15 is 0 Å². The van der Waals surface area contributed by atoms with Gasteiger partial charge in [-0.25, -0.2) is 15.0 Å². The molecule has 0 saturated carbocycles. The van der Waals surface area contributed by atoms with Gasteiger partial charge in [0.05, 0.1) is 7.11 Å². The zero-order valence-corrected chi connectivity index (χ0v) is 18.5. The van der Waals surface area contributed by atoms with Gasteiger partial charge in [0.2, 0.25) is 5.91 Å². The van der Waals surface area contributed by atoms with E-state index in [0.717, 1.165) is 35.4 Å². The summed E-state index contributed by atoms with van der Waals surface area (Å²) in [6.07, 6.45) is 6.72. The Morgan fingerprint density at radius 1 is 1.26 bits per heavy atom. The first-order valence-corrected chi connectivity index (χ1v) is 10.6. The van der Waals surface area contributed by atoms with Gasteiger partial charge in [0.1, 0.15) is 12.1 Å². The third-order valence-electron chi connectivity index (χ3n) is 6.47. The van der Waals surface area contributed by atoms with Gasteiger partial charge < -0.3 is 21.2 Å². The molecule has 4 N–H and O–H groups in total. The molecule has 1 aromatic heterocycles. The van der Waals surface area contributed by atoms with Crippen LogP contribution in [0.5, 0.6) is 5.75 Å². The highest BCUT2D eigenvalue weighted by Gasteiger charge is 2.53. The summed E-state index contributed by atoms with van der Waals surface area (Å²) in [7, 11) is 3.48. The number of methoxy groups -OCH3 is 1. The number of hydrogen-bond donors (Lipinski definition) is 3. The molecule has 2 aromatic rings. The van der Waals surface area contributed by atoms with E-state index in [-0.39, 0.29) is 6.04 Å². The first kappa shape index (κ1) is 21.3. The molecule has 164 valence electrons. The summed E-state index contributed by atoms with van der Waals surface area (Å²) in [5.74, 6) is 0.249. The molecule has 1 aromatic carbocycles. The van der Waals surface area contributed by atoms with Crippen LogP contribution in [0.25, 0.3) is 5.57 Å². The third kappa shape index (κ3) is 3.26. The van der Waals surface area contributed by atoms with Crippen molar-refractivity contribution < 1.29 is 9.53 Å². The number of hydrogen-bond acceptors (Lipinski definition) is 7. The molecule has 8 nitrogen and oxygen atoms in total. The molecule has 8 heteroatoms. The van der Waals surface area contributed by atoms with Crippen molar-refractivity contribution in [1.29, 1.82) is 0 Å². The smallest absolute Gasteiger partial charge is 0.249 e. The fraction of sp³-hybridized carbons (Fsp3) is 0.435. The second-order valence-electron chi connectivity index (χ2n) is 8.17. The minimum Gasteiger partial charge on any atom is -0.496 e. The standard InChI is InChI=1S/C23H30N6O2/c1-14-20(15(2)27-13-26-14)23(22(24)30)18(12-28-29(23)3)16-8-7-9-17(21(16)31-4)19-10-5-6-11-25-19/h7-9,12-13,19,25,28H,5-6,10-11H2,1-4H3,(H2,24,30)/t19-,23?/m1/s1. The Hall–Kier alpha value is -2.97. The Kier molecular flexibility index (Phi) is 5.68. The lowest BCUT2D eigenvalue weighted by atomic mass is 9.77. The Bertz CT molecular complexity index is 1010. The van der Waals surface area contributed by atoms with E-state index in [1.54, 1.807) is 19.2 Å². The minimum absolute atomic E-state index is 0.211. The molecule has 2 aliphatic heterocycles. The van der Waals surface area contributed by atoms with E-state index in [1.807, 2.05) is 32.2 Å². The van der Waals surface area contributed by atoms with E-state index in [0.29, 0.717) is 17.0 Å². The van der Waals surface area contributed by atoms with Gasteiger partial charge in [-0.1, -0.05) is 24.6 Å². The maximum Gasteiger partial charge on any atom is 0.249 e. The number of para-hydroxylation sites is 1. The highest BCUT2D eigenvalue weighted by atomic mass is 16.5. The van der Waals surface area contributed by atoms with Crippen molar-refractivity contribution in [2.45, 2.75) is 44.7 Å². The van der Waals surface area contributed by atoms with Crippen LogP contribution in [0.1, 0.15) is 53.4 Å². The van der Waals surface area contributed by atoms with Gasteiger partial charge >= 0.3 is 0 Å². The number of carbonyl (C=O) groups is 1. The van der Waals surface area contributed by atoms with Crippen molar-refractivity contribution in [2.75, 3.05) is 20.7 Å². The Balaban J connectivity index is 1.94. The summed E-state index contributed by atoms with van der Waals surface area (Å²) in [5, 5.41) is 5.32. The number of nitrogens with two attached hydrogens (primary N) is 1. The molecule has 31 heavy (non-hydrogen) atoms. The Labute approximate surface area is 182 Å². The molecule has 0 aliphatic carbocycles. The topological polar surface area (TPSA) is 105 Å². The van der Waals surface area contributed by atoms with Crippen LogP contribution in [0.2, 0.25) is 0 Å². The largest absolute Gasteiger partial charge is 0.496 e. The van der Waals surface area contributed by atoms with E-state index in [4.69, 9.17) is 10.5 Å². The van der Waals surface area contributed by atoms with Crippen LogP contribution in [-0.4, -0.2) is 41.6 Å². The van der Waals surface area contributed by atoms with Gasteiger partial charge in [-0.05, 0) is 33.2 Å². The molecule has 0 radical (unpaired) electrons. The predicted molar refractivity (Wildman–Crippen MR) is 119 cm³/mol. The molecule has 2 aliphatic rings. The molecule has 1 fully saturated rings. The van der Waals surface area contributed by atoms with Crippen LogP contribution in [0.3, 0.4) is 0 Å². The second-order valence-corrected chi connectivity index (χ2v) is 8.17. The number of amides is 1. The van der Waals surface area contributed by atoms with Crippen LogP contribution in [0.15, 0.2) is 30.7 Å². The van der Waals surface area contributed by atoms with Crippen molar-refractivity contribution in [3.8, 4) is 5.75 Å². The van der Waals surface area contributed by atoms with Crippen LogP contribution in [0, 0.1) is 13.8 Å². The Morgan fingerprint density at radius 2 is 2.00 bits per heavy atom. The molecule has 1 saturated heterocycles. The fourth-order valence-electron chi connectivity index (χ4n) is 5.04. The minimum atomic E-state index is -1.28. The molecule has 4 rings (SSSR count). The maximum atomic E-state index is 13.2. The average molecular weight is 423 g/mol. The van der Waals surface area contributed by atoms with Gasteiger partial charge in [0.25, 0.3) is 0 Å². The first-order chi connectivity index (χ1) is 14.9. The maximum absolute atomic E-state index is 13.2. The van der Waals surface area contributed by atoms with Gasteiger partial charge in [0.15, 0.2) is 5.54 Å². The molecular formula is C23H30N6O2. The van der Waals surface area contributed by atoms with Gasteiger partial charge in [-0.15, -0.1) is 0 Å². The fourth-order valence-corrected chi connectivity index (χ4v) is 5.04. The van der Waals surface area contributed by atoms with Crippen molar-refractivity contribution in [2.24, 2.45) is 5.73 Å². The molecule has 0 bridgehead atoms. The van der Waals surface area contributed by atoms with Gasteiger partial charge in [-0.3, -0.25) is 4.79 Å². The summed E-state index contributed by atoms with van der Waals surface area (Å²) < 4.78 is 5.94. The summed E-state index contributed by atoms with van der Waals surface area (Å²) in [5.41, 5.74) is 12.8. The van der Waals surface area contributed by atoms with Gasteiger partial charge in [-0.2, -0.15) is 0 Å².